The molecule has 4 amide bonds. The summed E-state index contributed by atoms with van der Waals surface area (Å²) < 4.78 is 72.6. The highest BCUT2D eigenvalue weighted by molar-refractivity contribution is 6.10. The number of carbonyl (C=O) groups excluding carboxylic acids is 3. The summed E-state index contributed by atoms with van der Waals surface area (Å²) in [6.07, 6.45) is 5.39. The van der Waals surface area contributed by atoms with Gasteiger partial charge in [-0.3, -0.25) is 34.4 Å². The van der Waals surface area contributed by atoms with Gasteiger partial charge < -0.3 is 5.32 Å². The fraction of sp³-hybridized carbons (Fsp3) is 0.333. The highest BCUT2D eigenvalue weighted by Crippen LogP contribution is 2.40. The monoisotopic (exact) mass is 758 g/mol. The van der Waals surface area contributed by atoms with Crippen molar-refractivity contribution < 1.29 is 36.3 Å². The average Bonchev–Trinajstić information content (AvgIpc) is 3.58. The molecule has 0 spiro atoms. The molecule has 16 heteroatoms. The number of nitrogens with one attached hydrogen (secondary N) is 2. The molecule has 0 radical (unpaired) electrons. The second kappa shape index (κ2) is 14.1. The number of urea groups is 1. The maximum absolute atomic E-state index is 15.7. The summed E-state index contributed by atoms with van der Waals surface area (Å²) in [5.41, 5.74) is 0.456. The Morgan fingerprint density at radius 2 is 1.80 bits per heavy atom. The number of fused-ring (bicyclic) bond motifs is 2. The van der Waals surface area contributed by atoms with Gasteiger partial charge >= 0.3 is 12.2 Å². The molecule has 3 aromatic heterocycles. The van der Waals surface area contributed by atoms with Crippen molar-refractivity contribution in [2.75, 3.05) is 36.4 Å². The standard InChI is InChI=1S/C39H35F5N8O3/c40-38(41)22-50(14-12-30(38)24-6-10-29-25(16-24)18-45-19-33(29)51-15-13-35(53)48-37(51)55)20-23-4-8-28(9-5-23)52-21-26-17-27(7-11-31(26)49-52)46-36(54)32-2-1-3-34(47-32)39(42,43)44/h1-3,6-7,10-12,16-19,21,23,28H,4-5,8-9,13-15,20,22H2,(H,46,54)(H,48,53,55)/t23-,28-. The van der Waals surface area contributed by atoms with Crippen LogP contribution in [0.25, 0.3) is 27.2 Å². The van der Waals surface area contributed by atoms with Gasteiger partial charge in [0.15, 0.2) is 0 Å². The normalized spacial score (nSPS) is 20.7. The molecule has 1 saturated carbocycles. The lowest BCUT2D eigenvalue weighted by Crippen LogP contribution is -2.49. The van der Waals surface area contributed by atoms with Crippen molar-refractivity contribution >= 4 is 56.5 Å². The first-order chi connectivity index (χ1) is 26.3. The number of hydrogen-bond donors (Lipinski definition) is 2. The largest absolute Gasteiger partial charge is 0.433 e. The number of amides is 4. The van der Waals surface area contributed by atoms with Crippen LogP contribution in [-0.4, -0.2) is 74.6 Å². The fourth-order valence-corrected chi connectivity index (χ4v) is 7.79. The van der Waals surface area contributed by atoms with Crippen LogP contribution in [0.2, 0.25) is 0 Å². The van der Waals surface area contributed by atoms with Gasteiger partial charge in [-0.05, 0) is 73.6 Å². The van der Waals surface area contributed by atoms with Gasteiger partial charge in [0.2, 0.25) is 5.91 Å². The first-order valence-electron chi connectivity index (χ1n) is 18.0. The van der Waals surface area contributed by atoms with E-state index >= 15 is 8.78 Å². The zero-order chi connectivity index (χ0) is 38.5. The number of hydrogen-bond acceptors (Lipinski definition) is 7. The van der Waals surface area contributed by atoms with E-state index in [1.807, 2.05) is 10.9 Å². The van der Waals surface area contributed by atoms with E-state index < -0.39 is 36.3 Å². The first-order valence-corrected chi connectivity index (χ1v) is 18.0. The van der Waals surface area contributed by atoms with Gasteiger partial charge in [0.25, 0.3) is 11.8 Å². The number of rotatable bonds is 7. The molecule has 0 atom stereocenters. The molecule has 1 aliphatic carbocycles. The minimum absolute atomic E-state index is 0.0399. The Morgan fingerprint density at radius 1 is 0.982 bits per heavy atom. The van der Waals surface area contributed by atoms with E-state index in [0.717, 1.165) is 43.2 Å². The van der Waals surface area contributed by atoms with Gasteiger partial charge in [-0.1, -0.05) is 24.3 Å². The predicted molar refractivity (Wildman–Crippen MR) is 195 cm³/mol. The summed E-state index contributed by atoms with van der Waals surface area (Å²) in [6, 6.07) is 12.8. The van der Waals surface area contributed by atoms with Crippen LogP contribution in [0.4, 0.5) is 38.1 Å². The third kappa shape index (κ3) is 7.50. The van der Waals surface area contributed by atoms with Gasteiger partial charge in [0.05, 0.1) is 30.0 Å². The topological polar surface area (TPSA) is 125 Å². The third-order valence-electron chi connectivity index (χ3n) is 10.5. The Morgan fingerprint density at radius 3 is 2.56 bits per heavy atom. The van der Waals surface area contributed by atoms with Crippen molar-refractivity contribution in [3.05, 3.63) is 96.2 Å². The molecule has 11 nitrogen and oxygen atoms in total. The second-order valence-corrected chi connectivity index (χ2v) is 14.3. The zero-order valence-electron chi connectivity index (χ0n) is 29.3. The molecule has 0 unspecified atom stereocenters. The molecule has 2 aromatic carbocycles. The van der Waals surface area contributed by atoms with Crippen molar-refractivity contribution in [2.45, 2.75) is 50.2 Å². The van der Waals surface area contributed by atoms with E-state index in [4.69, 9.17) is 5.10 Å². The molecule has 5 aromatic rings. The molecule has 3 aliphatic rings. The number of aromatic nitrogens is 4. The minimum atomic E-state index is -4.67. The first kappa shape index (κ1) is 36.2. The van der Waals surface area contributed by atoms with Crippen molar-refractivity contribution in [1.29, 1.82) is 0 Å². The predicted octanol–water partition coefficient (Wildman–Crippen LogP) is 7.46. The summed E-state index contributed by atoms with van der Waals surface area (Å²) in [7, 11) is 0. The Bertz CT molecular complexity index is 2350. The number of halogens is 5. The SMILES string of the molecule is O=C1CCN(c2cncc3cc(C4=CCN(C[C@H]5CC[C@H](n6cc7cc(NC(=O)c8cccc(C(F)(F)F)n8)ccc7n6)CC5)CC4(F)F)ccc23)C(=O)N1. The lowest BCUT2D eigenvalue weighted by molar-refractivity contribution is -0.141. The fourth-order valence-electron chi connectivity index (χ4n) is 7.79. The van der Waals surface area contributed by atoms with Crippen LogP contribution in [0.5, 0.6) is 0 Å². The van der Waals surface area contributed by atoms with Crippen LogP contribution in [-0.2, 0) is 11.0 Å². The van der Waals surface area contributed by atoms with E-state index in [-0.39, 0.29) is 42.1 Å². The van der Waals surface area contributed by atoms with Crippen LogP contribution in [0.1, 0.15) is 59.9 Å². The lowest BCUT2D eigenvalue weighted by Gasteiger charge is -2.37. The number of carbonyl (C=O) groups is 3. The number of imide groups is 1. The molecule has 1 saturated heterocycles. The Balaban J connectivity index is 0.878. The summed E-state index contributed by atoms with van der Waals surface area (Å²) in [4.78, 5) is 47.6. The summed E-state index contributed by atoms with van der Waals surface area (Å²) in [5, 5.41) is 11.7. The van der Waals surface area contributed by atoms with Crippen molar-refractivity contribution in [3.63, 3.8) is 0 Å². The highest BCUT2D eigenvalue weighted by atomic mass is 19.4. The maximum atomic E-state index is 15.7. The van der Waals surface area contributed by atoms with Crippen LogP contribution >= 0.6 is 0 Å². The second-order valence-electron chi connectivity index (χ2n) is 14.3. The smallest absolute Gasteiger partial charge is 0.321 e. The molecule has 2 N–H and O–H groups in total. The molecule has 2 fully saturated rings. The number of benzene rings is 2. The summed E-state index contributed by atoms with van der Waals surface area (Å²) in [6.45, 7) is 0.734. The van der Waals surface area contributed by atoms with Crippen LogP contribution in [0.3, 0.4) is 0 Å². The summed E-state index contributed by atoms with van der Waals surface area (Å²) in [5.74, 6) is -3.96. The van der Waals surface area contributed by atoms with Gasteiger partial charge in [-0.25, -0.2) is 9.78 Å². The van der Waals surface area contributed by atoms with Gasteiger partial charge in [-0.2, -0.15) is 27.1 Å². The Kier molecular flexibility index (Phi) is 9.31. The molecule has 55 heavy (non-hydrogen) atoms. The number of nitrogens with zero attached hydrogens (tertiary/aromatic N) is 6. The van der Waals surface area contributed by atoms with Gasteiger partial charge in [0.1, 0.15) is 11.4 Å². The van der Waals surface area contributed by atoms with Crippen molar-refractivity contribution in [2.24, 2.45) is 5.92 Å². The quantitative estimate of drug-likeness (QED) is 0.165. The van der Waals surface area contributed by atoms with Crippen LogP contribution < -0.4 is 15.5 Å². The van der Waals surface area contributed by atoms with E-state index in [2.05, 4.69) is 20.6 Å². The van der Waals surface area contributed by atoms with Crippen molar-refractivity contribution in [1.82, 2.24) is 30.0 Å². The zero-order valence-corrected chi connectivity index (χ0v) is 29.3. The highest BCUT2D eigenvalue weighted by Gasteiger charge is 2.41. The molecular formula is C39H35F5N8O3. The molecule has 8 rings (SSSR count). The molecule has 0 bridgehead atoms. The van der Waals surface area contributed by atoms with Crippen molar-refractivity contribution in [3.8, 4) is 0 Å². The minimum Gasteiger partial charge on any atom is -0.321 e. The molecule has 5 heterocycles. The number of alkyl halides is 5. The molecule has 2 aliphatic heterocycles. The van der Waals surface area contributed by atoms with E-state index in [1.165, 1.54) is 17.2 Å². The lowest BCUT2D eigenvalue weighted by atomic mass is 9.85. The summed E-state index contributed by atoms with van der Waals surface area (Å²) >= 11 is 0. The Hall–Kier alpha value is -5.77. The van der Waals surface area contributed by atoms with E-state index in [1.54, 1.807) is 53.6 Å². The van der Waals surface area contributed by atoms with Gasteiger partial charge in [0, 0.05) is 65.9 Å². The Labute approximate surface area is 311 Å². The molecule has 284 valence electrons. The van der Waals surface area contributed by atoms with Crippen LogP contribution in [0, 0.1) is 5.92 Å². The average molecular weight is 759 g/mol. The van der Waals surface area contributed by atoms with Crippen LogP contribution in [0.15, 0.2) is 79.3 Å². The molecular weight excluding hydrogens is 723 g/mol. The van der Waals surface area contributed by atoms with E-state index in [0.29, 0.717) is 46.3 Å². The number of pyridine rings is 2. The third-order valence-corrected chi connectivity index (χ3v) is 10.5. The van der Waals surface area contributed by atoms with E-state index in [9.17, 15) is 27.6 Å². The number of anilines is 2. The van der Waals surface area contributed by atoms with Gasteiger partial charge in [-0.15, -0.1) is 0 Å². The maximum Gasteiger partial charge on any atom is 0.433 e.